The minimum absolute atomic E-state index is 0.200. The molecule has 0 saturated heterocycles. The number of thioether (sulfide) groups is 1. The summed E-state index contributed by atoms with van der Waals surface area (Å²) in [5.41, 5.74) is 7.05. The molecule has 1 heterocycles. The highest BCUT2D eigenvalue weighted by molar-refractivity contribution is 7.98. The van der Waals surface area contributed by atoms with Gasteiger partial charge in [-0.15, -0.1) is 0 Å². The Hall–Kier alpha value is -1.85. The van der Waals surface area contributed by atoms with Crippen LogP contribution in [-0.2, 0) is 0 Å². The highest BCUT2D eigenvalue weighted by Crippen LogP contribution is 2.27. The highest BCUT2D eigenvalue weighted by Gasteiger charge is 2.16. The lowest BCUT2D eigenvalue weighted by atomic mass is 10.0. The molecule has 0 saturated carbocycles. The summed E-state index contributed by atoms with van der Waals surface area (Å²) in [5, 5.41) is 6.37. The van der Waals surface area contributed by atoms with E-state index in [0.29, 0.717) is 11.7 Å². The average Bonchev–Trinajstić information content (AvgIpc) is 3.02. The molecule has 0 aliphatic carbocycles. The van der Waals surface area contributed by atoms with Crippen LogP contribution in [0.25, 0.3) is 22.2 Å². The Balaban J connectivity index is 1.95. The van der Waals surface area contributed by atoms with Crippen LogP contribution in [-0.4, -0.2) is 22.1 Å². The Labute approximate surface area is 127 Å². The minimum atomic E-state index is -0.200. The second-order valence-corrected chi connectivity index (χ2v) is 5.86. The van der Waals surface area contributed by atoms with Crippen molar-refractivity contribution in [1.29, 1.82) is 0 Å². The molecule has 2 aromatic carbocycles. The topological polar surface area (TPSA) is 64.9 Å². The molecule has 1 unspecified atom stereocenters. The van der Waals surface area contributed by atoms with Crippen molar-refractivity contribution < 1.29 is 4.52 Å². The number of hydrogen-bond donors (Lipinski definition) is 1. The quantitative estimate of drug-likeness (QED) is 0.779. The van der Waals surface area contributed by atoms with E-state index in [4.69, 9.17) is 10.3 Å². The van der Waals surface area contributed by atoms with Gasteiger partial charge in [-0.2, -0.15) is 16.7 Å². The first-order valence-electron chi connectivity index (χ1n) is 6.86. The van der Waals surface area contributed by atoms with Gasteiger partial charge in [0.1, 0.15) is 0 Å². The first-order chi connectivity index (χ1) is 10.3. The van der Waals surface area contributed by atoms with Crippen molar-refractivity contribution in [3.63, 3.8) is 0 Å². The molecular formula is C16H17N3OS. The zero-order valence-electron chi connectivity index (χ0n) is 11.8. The highest BCUT2D eigenvalue weighted by atomic mass is 32.2. The molecule has 108 valence electrons. The van der Waals surface area contributed by atoms with Crippen molar-refractivity contribution in [3.05, 3.63) is 48.4 Å². The molecule has 0 aliphatic heterocycles. The molecule has 1 atom stereocenters. The molecule has 5 heteroatoms. The zero-order chi connectivity index (χ0) is 14.7. The van der Waals surface area contributed by atoms with Crippen molar-refractivity contribution in [1.82, 2.24) is 10.1 Å². The summed E-state index contributed by atoms with van der Waals surface area (Å²) >= 11 is 1.76. The van der Waals surface area contributed by atoms with E-state index in [2.05, 4.69) is 34.6 Å². The molecule has 0 fully saturated rings. The van der Waals surface area contributed by atoms with Crippen LogP contribution in [0.5, 0.6) is 0 Å². The Morgan fingerprint density at radius 2 is 2.00 bits per heavy atom. The van der Waals surface area contributed by atoms with E-state index in [0.717, 1.165) is 28.5 Å². The summed E-state index contributed by atoms with van der Waals surface area (Å²) in [4.78, 5) is 4.47. The van der Waals surface area contributed by atoms with Crippen LogP contribution in [0.2, 0.25) is 0 Å². The Bertz CT molecular complexity index is 736. The van der Waals surface area contributed by atoms with Gasteiger partial charge in [0, 0.05) is 5.56 Å². The monoisotopic (exact) mass is 299 g/mol. The predicted octanol–water partition coefficient (Wildman–Crippen LogP) is 3.64. The van der Waals surface area contributed by atoms with E-state index in [1.54, 1.807) is 11.8 Å². The van der Waals surface area contributed by atoms with E-state index >= 15 is 0 Å². The largest absolute Gasteiger partial charge is 0.337 e. The minimum Gasteiger partial charge on any atom is -0.337 e. The maximum absolute atomic E-state index is 6.08. The lowest BCUT2D eigenvalue weighted by Gasteiger charge is -2.04. The maximum Gasteiger partial charge on any atom is 0.243 e. The summed E-state index contributed by atoms with van der Waals surface area (Å²) in [6, 6.07) is 14.0. The fourth-order valence-electron chi connectivity index (χ4n) is 2.28. The second-order valence-electron chi connectivity index (χ2n) is 4.87. The van der Waals surface area contributed by atoms with E-state index in [1.165, 1.54) is 0 Å². The molecule has 0 bridgehead atoms. The van der Waals surface area contributed by atoms with Gasteiger partial charge < -0.3 is 10.3 Å². The van der Waals surface area contributed by atoms with Gasteiger partial charge in [0.15, 0.2) is 0 Å². The van der Waals surface area contributed by atoms with Gasteiger partial charge in [0.25, 0.3) is 0 Å². The van der Waals surface area contributed by atoms with Crippen LogP contribution in [0.4, 0.5) is 0 Å². The molecule has 4 nitrogen and oxygen atoms in total. The Kier molecular flexibility index (Phi) is 4.22. The van der Waals surface area contributed by atoms with Crippen molar-refractivity contribution in [2.24, 2.45) is 5.73 Å². The predicted molar refractivity (Wildman–Crippen MR) is 87.2 cm³/mol. The third-order valence-electron chi connectivity index (χ3n) is 3.42. The third-order valence-corrected chi connectivity index (χ3v) is 4.07. The molecule has 0 spiro atoms. The van der Waals surface area contributed by atoms with Gasteiger partial charge in [-0.1, -0.05) is 47.6 Å². The standard InChI is InChI=1S/C16H17N3OS/c1-21-10-9-14(17)16-18-15(19-20-16)13-8-4-6-11-5-2-3-7-12(11)13/h2-8,14H,9-10,17H2,1H3. The number of nitrogens with two attached hydrogens (primary N) is 1. The smallest absolute Gasteiger partial charge is 0.243 e. The summed E-state index contributed by atoms with van der Waals surface area (Å²) in [6.07, 6.45) is 2.89. The fraction of sp³-hybridized carbons (Fsp3) is 0.250. The third kappa shape index (κ3) is 2.94. The van der Waals surface area contributed by atoms with Crippen LogP contribution in [0.3, 0.4) is 0 Å². The molecule has 21 heavy (non-hydrogen) atoms. The molecule has 0 amide bonds. The summed E-state index contributed by atoms with van der Waals surface area (Å²) in [6.45, 7) is 0. The zero-order valence-corrected chi connectivity index (χ0v) is 12.6. The van der Waals surface area contributed by atoms with E-state index in [-0.39, 0.29) is 6.04 Å². The average molecular weight is 299 g/mol. The first kappa shape index (κ1) is 14.1. The Morgan fingerprint density at radius 1 is 1.19 bits per heavy atom. The summed E-state index contributed by atoms with van der Waals surface area (Å²) in [5.74, 6) is 2.08. The van der Waals surface area contributed by atoms with Crippen LogP contribution in [0.1, 0.15) is 18.4 Å². The number of rotatable bonds is 5. The van der Waals surface area contributed by atoms with Crippen molar-refractivity contribution >= 4 is 22.5 Å². The van der Waals surface area contributed by atoms with Crippen molar-refractivity contribution in [2.45, 2.75) is 12.5 Å². The summed E-state index contributed by atoms with van der Waals surface area (Å²) < 4.78 is 5.33. The van der Waals surface area contributed by atoms with Gasteiger partial charge in [-0.25, -0.2) is 0 Å². The molecule has 3 rings (SSSR count). The number of aromatic nitrogens is 2. The van der Waals surface area contributed by atoms with Gasteiger partial charge >= 0.3 is 0 Å². The van der Waals surface area contributed by atoms with Gasteiger partial charge in [-0.05, 0) is 29.2 Å². The van der Waals surface area contributed by atoms with E-state index in [9.17, 15) is 0 Å². The van der Waals surface area contributed by atoms with Crippen molar-refractivity contribution in [3.8, 4) is 11.4 Å². The number of benzene rings is 2. The summed E-state index contributed by atoms with van der Waals surface area (Å²) in [7, 11) is 0. The maximum atomic E-state index is 6.08. The SMILES string of the molecule is CSCCC(N)c1nc(-c2cccc3ccccc23)no1. The lowest BCUT2D eigenvalue weighted by molar-refractivity contribution is 0.353. The van der Waals surface area contributed by atoms with Crippen LogP contribution < -0.4 is 5.73 Å². The molecule has 0 aliphatic rings. The fourth-order valence-corrected chi connectivity index (χ4v) is 2.77. The van der Waals surface area contributed by atoms with Gasteiger partial charge in [0.05, 0.1) is 6.04 Å². The molecule has 1 aromatic heterocycles. The lowest BCUT2D eigenvalue weighted by Crippen LogP contribution is -2.11. The number of fused-ring (bicyclic) bond motifs is 1. The van der Waals surface area contributed by atoms with Crippen LogP contribution in [0.15, 0.2) is 47.0 Å². The van der Waals surface area contributed by atoms with E-state index < -0.39 is 0 Å². The molecule has 3 aromatic rings. The number of hydrogen-bond acceptors (Lipinski definition) is 5. The van der Waals surface area contributed by atoms with Crippen molar-refractivity contribution in [2.75, 3.05) is 12.0 Å². The van der Waals surface area contributed by atoms with Gasteiger partial charge in [-0.3, -0.25) is 0 Å². The molecule has 2 N–H and O–H groups in total. The Morgan fingerprint density at radius 3 is 2.86 bits per heavy atom. The molecular weight excluding hydrogens is 282 g/mol. The number of nitrogens with zero attached hydrogens (tertiary/aromatic N) is 2. The first-order valence-corrected chi connectivity index (χ1v) is 8.25. The normalized spacial score (nSPS) is 12.7. The molecule has 0 radical (unpaired) electrons. The van der Waals surface area contributed by atoms with Gasteiger partial charge in [0.2, 0.25) is 11.7 Å². The second kappa shape index (κ2) is 6.28. The van der Waals surface area contributed by atoms with E-state index in [1.807, 2.05) is 24.3 Å². The van der Waals surface area contributed by atoms with Crippen LogP contribution in [0, 0.1) is 0 Å². The van der Waals surface area contributed by atoms with Crippen LogP contribution >= 0.6 is 11.8 Å².